The first-order chi connectivity index (χ1) is 6.81. The summed E-state index contributed by atoms with van der Waals surface area (Å²) in [5.41, 5.74) is 1.74. The molecule has 0 bridgehead atoms. The third-order valence-electron chi connectivity index (χ3n) is 1.86. The minimum absolute atomic E-state index is 0.628. The summed E-state index contributed by atoms with van der Waals surface area (Å²) in [5.74, 6) is 0.803. The van der Waals surface area contributed by atoms with Gasteiger partial charge in [-0.15, -0.1) is 0 Å². The van der Waals surface area contributed by atoms with E-state index in [4.69, 9.17) is 9.15 Å². The number of para-hydroxylation sites is 1. The number of rotatable bonds is 2. The van der Waals surface area contributed by atoms with E-state index in [1.807, 2.05) is 46.9 Å². The molecule has 1 aromatic heterocycles. The molecule has 0 atom stereocenters. The van der Waals surface area contributed by atoms with Crippen LogP contribution in [0, 0.1) is 3.90 Å². The quantitative estimate of drug-likeness (QED) is 0.800. The maximum atomic E-state index is 5.22. The van der Waals surface area contributed by atoms with Gasteiger partial charge in [-0.05, 0) is 12.1 Å². The van der Waals surface area contributed by atoms with Crippen molar-refractivity contribution in [3.8, 4) is 17.0 Å². The second-order valence-electron chi connectivity index (χ2n) is 2.69. The number of halogens is 1. The van der Waals surface area contributed by atoms with Crippen molar-refractivity contribution in [1.29, 1.82) is 0 Å². The molecule has 0 amide bonds. The standard InChI is InChI=1S/C10H8INO2/c1-13-9-5-3-2-4-7(9)8-6-14-10(11)12-8/h2-6H,1H3. The summed E-state index contributed by atoms with van der Waals surface area (Å²) >= 11 is 2.03. The van der Waals surface area contributed by atoms with Crippen molar-refractivity contribution in [2.24, 2.45) is 0 Å². The smallest absolute Gasteiger partial charge is 0.257 e. The van der Waals surface area contributed by atoms with Gasteiger partial charge < -0.3 is 9.15 Å². The molecule has 14 heavy (non-hydrogen) atoms. The molecule has 3 nitrogen and oxygen atoms in total. The molecule has 0 aliphatic heterocycles. The number of aromatic nitrogens is 1. The average molecular weight is 301 g/mol. The Morgan fingerprint density at radius 1 is 1.36 bits per heavy atom. The fourth-order valence-corrected chi connectivity index (χ4v) is 1.62. The maximum absolute atomic E-state index is 5.22. The van der Waals surface area contributed by atoms with E-state index in [9.17, 15) is 0 Å². The van der Waals surface area contributed by atoms with E-state index in [2.05, 4.69) is 4.98 Å². The van der Waals surface area contributed by atoms with Gasteiger partial charge in [0.25, 0.3) is 3.90 Å². The molecule has 72 valence electrons. The van der Waals surface area contributed by atoms with Gasteiger partial charge in [-0.3, -0.25) is 0 Å². The van der Waals surface area contributed by atoms with E-state index in [0.29, 0.717) is 3.90 Å². The molecular weight excluding hydrogens is 293 g/mol. The van der Waals surface area contributed by atoms with Crippen molar-refractivity contribution in [2.75, 3.05) is 7.11 Å². The largest absolute Gasteiger partial charge is 0.496 e. The van der Waals surface area contributed by atoms with Crippen LogP contribution in [0.15, 0.2) is 34.9 Å². The van der Waals surface area contributed by atoms with Gasteiger partial charge in [-0.25, -0.2) is 4.98 Å². The molecule has 4 heteroatoms. The summed E-state index contributed by atoms with van der Waals surface area (Å²) in [7, 11) is 1.64. The Bertz CT molecular complexity index is 439. The average Bonchev–Trinajstić information content (AvgIpc) is 2.65. The highest BCUT2D eigenvalue weighted by atomic mass is 127. The predicted molar refractivity (Wildman–Crippen MR) is 61.2 cm³/mol. The normalized spacial score (nSPS) is 10.1. The lowest BCUT2D eigenvalue weighted by Crippen LogP contribution is -1.87. The van der Waals surface area contributed by atoms with Crippen LogP contribution in [-0.2, 0) is 0 Å². The molecule has 2 rings (SSSR count). The summed E-state index contributed by atoms with van der Waals surface area (Å²) in [4.78, 5) is 4.23. The van der Waals surface area contributed by atoms with Gasteiger partial charge >= 0.3 is 0 Å². The van der Waals surface area contributed by atoms with E-state index in [1.54, 1.807) is 13.4 Å². The Balaban J connectivity index is 2.50. The summed E-state index contributed by atoms with van der Waals surface area (Å²) in [6.45, 7) is 0. The number of methoxy groups -OCH3 is 1. The first-order valence-corrected chi connectivity index (χ1v) is 5.13. The fraction of sp³-hybridized carbons (Fsp3) is 0.100. The van der Waals surface area contributed by atoms with E-state index in [1.165, 1.54) is 0 Å². The highest BCUT2D eigenvalue weighted by Gasteiger charge is 2.08. The molecule has 0 N–H and O–H groups in total. The van der Waals surface area contributed by atoms with Crippen molar-refractivity contribution in [3.05, 3.63) is 34.4 Å². The van der Waals surface area contributed by atoms with E-state index < -0.39 is 0 Å². The first-order valence-electron chi connectivity index (χ1n) is 4.05. The molecule has 0 aliphatic rings. The van der Waals surface area contributed by atoms with Crippen LogP contribution in [0.5, 0.6) is 5.75 Å². The first kappa shape index (κ1) is 9.51. The zero-order valence-electron chi connectivity index (χ0n) is 7.53. The molecule has 0 unspecified atom stereocenters. The second kappa shape index (κ2) is 4.00. The summed E-state index contributed by atoms with van der Waals surface area (Å²) in [6.07, 6.45) is 1.62. The zero-order valence-corrected chi connectivity index (χ0v) is 9.69. The number of oxazole rings is 1. The molecule has 1 aromatic carbocycles. The molecule has 0 aliphatic carbocycles. The van der Waals surface area contributed by atoms with Crippen molar-refractivity contribution in [3.63, 3.8) is 0 Å². The summed E-state index contributed by atoms with van der Waals surface area (Å²) in [5, 5.41) is 0. The Morgan fingerprint density at radius 2 is 2.14 bits per heavy atom. The molecule has 0 spiro atoms. The monoisotopic (exact) mass is 301 g/mol. The second-order valence-corrected chi connectivity index (χ2v) is 3.61. The molecule has 1 heterocycles. The van der Waals surface area contributed by atoms with Crippen molar-refractivity contribution >= 4 is 22.6 Å². The molecule has 2 aromatic rings. The number of hydrogen-bond acceptors (Lipinski definition) is 3. The molecule has 0 saturated carbocycles. The highest BCUT2D eigenvalue weighted by molar-refractivity contribution is 14.1. The summed E-state index contributed by atoms with van der Waals surface area (Å²) in [6, 6.07) is 7.72. The minimum Gasteiger partial charge on any atom is -0.496 e. The van der Waals surface area contributed by atoms with Gasteiger partial charge in [0.2, 0.25) is 0 Å². The number of benzene rings is 1. The minimum atomic E-state index is 0.628. The third kappa shape index (κ3) is 1.75. The van der Waals surface area contributed by atoms with Gasteiger partial charge in [0.05, 0.1) is 7.11 Å². The molecular formula is C10H8INO2. The van der Waals surface area contributed by atoms with Gasteiger partial charge in [0, 0.05) is 28.2 Å². The SMILES string of the molecule is COc1ccccc1-c1coc(I)n1. The van der Waals surface area contributed by atoms with E-state index >= 15 is 0 Å². The molecule has 0 radical (unpaired) electrons. The molecule has 0 saturated heterocycles. The van der Waals surface area contributed by atoms with Crippen LogP contribution in [0.4, 0.5) is 0 Å². The Hall–Kier alpha value is -1.04. The van der Waals surface area contributed by atoms with Gasteiger partial charge in [0.15, 0.2) is 0 Å². The zero-order chi connectivity index (χ0) is 9.97. The Morgan fingerprint density at radius 3 is 2.79 bits per heavy atom. The van der Waals surface area contributed by atoms with Crippen LogP contribution in [0.1, 0.15) is 0 Å². The number of hydrogen-bond donors (Lipinski definition) is 0. The van der Waals surface area contributed by atoms with Crippen molar-refractivity contribution < 1.29 is 9.15 Å². The van der Waals surface area contributed by atoms with Gasteiger partial charge in [-0.1, -0.05) is 12.1 Å². The Kier molecular flexibility index (Phi) is 2.72. The topological polar surface area (TPSA) is 35.3 Å². The number of ether oxygens (including phenoxy) is 1. The van der Waals surface area contributed by atoms with Crippen LogP contribution >= 0.6 is 22.6 Å². The molecule has 0 fully saturated rings. The van der Waals surface area contributed by atoms with E-state index in [-0.39, 0.29) is 0 Å². The van der Waals surface area contributed by atoms with E-state index in [0.717, 1.165) is 17.0 Å². The van der Waals surface area contributed by atoms with Gasteiger partial charge in [-0.2, -0.15) is 0 Å². The van der Waals surface area contributed by atoms with Crippen LogP contribution in [0.3, 0.4) is 0 Å². The van der Waals surface area contributed by atoms with Crippen LogP contribution < -0.4 is 4.74 Å². The number of nitrogens with zero attached hydrogens (tertiary/aromatic N) is 1. The lowest BCUT2D eigenvalue weighted by molar-refractivity contribution is 0.416. The summed E-state index contributed by atoms with van der Waals surface area (Å²) < 4.78 is 11.0. The van der Waals surface area contributed by atoms with Crippen molar-refractivity contribution in [1.82, 2.24) is 4.98 Å². The van der Waals surface area contributed by atoms with Crippen LogP contribution in [0.2, 0.25) is 0 Å². The highest BCUT2D eigenvalue weighted by Crippen LogP contribution is 2.28. The predicted octanol–water partition coefficient (Wildman–Crippen LogP) is 2.95. The fourth-order valence-electron chi connectivity index (χ4n) is 1.23. The Labute approximate surface area is 95.2 Å². The maximum Gasteiger partial charge on any atom is 0.257 e. The lowest BCUT2D eigenvalue weighted by Gasteiger charge is -2.03. The lowest BCUT2D eigenvalue weighted by atomic mass is 10.1. The van der Waals surface area contributed by atoms with Crippen molar-refractivity contribution in [2.45, 2.75) is 0 Å². The van der Waals surface area contributed by atoms with Crippen LogP contribution in [0.25, 0.3) is 11.3 Å². The third-order valence-corrected chi connectivity index (χ3v) is 2.35. The van der Waals surface area contributed by atoms with Gasteiger partial charge in [0.1, 0.15) is 17.7 Å². The van der Waals surface area contributed by atoms with Crippen LogP contribution in [-0.4, -0.2) is 12.1 Å².